The van der Waals surface area contributed by atoms with E-state index in [0.717, 1.165) is 49.9 Å². The molecule has 1 aromatic rings. The highest BCUT2D eigenvalue weighted by molar-refractivity contribution is 5.99. The second kappa shape index (κ2) is 8.34. The van der Waals surface area contributed by atoms with Crippen LogP contribution in [0.5, 0.6) is 0 Å². The van der Waals surface area contributed by atoms with Crippen LogP contribution in [0.2, 0.25) is 0 Å². The number of likely N-dealkylation sites (tertiary alicyclic amines) is 1. The maximum Gasteiger partial charge on any atom is 0.237 e. The minimum Gasteiger partial charge on any atom is -0.352 e. The van der Waals surface area contributed by atoms with Gasteiger partial charge in [-0.15, -0.1) is 0 Å². The van der Waals surface area contributed by atoms with Crippen molar-refractivity contribution >= 4 is 11.7 Å². The first-order valence-electron chi connectivity index (χ1n) is 10.1. The molecule has 1 aliphatic carbocycles. The number of nitrogens with one attached hydrogen (secondary N) is 1. The molecule has 26 heavy (non-hydrogen) atoms. The summed E-state index contributed by atoms with van der Waals surface area (Å²) in [7, 11) is 0. The third-order valence-corrected chi connectivity index (χ3v) is 6.18. The van der Waals surface area contributed by atoms with E-state index in [-0.39, 0.29) is 23.7 Å². The zero-order chi connectivity index (χ0) is 18.7. The van der Waals surface area contributed by atoms with Gasteiger partial charge in [0, 0.05) is 17.5 Å². The summed E-state index contributed by atoms with van der Waals surface area (Å²) in [6.45, 7) is 7.71. The van der Waals surface area contributed by atoms with Crippen molar-refractivity contribution in [2.45, 2.75) is 71.4 Å². The van der Waals surface area contributed by atoms with Crippen LogP contribution in [0.4, 0.5) is 0 Å². The Hall–Kier alpha value is -1.68. The van der Waals surface area contributed by atoms with Gasteiger partial charge in [-0.25, -0.2) is 0 Å². The van der Waals surface area contributed by atoms with Crippen LogP contribution in [-0.2, 0) is 4.79 Å². The largest absolute Gasteiger partial charge is 0.352 e. The fourth-order valence-corrected chi connectivity index (χ4v) is 4.42. The van der Waals surface area contributed by atoms with Gasteiger partial charge in [-0.1, -0.05) is 36.6 Å². The number of aryl methyl sites for hydroxylation is 2. The molecule has 0 bridgehead atoms. The first kappa shape index (κ1) is 19.1. The number of hydrogen-bond acceptors (Lipinski definition) is 3. The molecule has 0 spiro atoms. The van der Waals surface area contributed by atoms with Gasteiger partial charge in [0.25, 0.3) is 0 Å². The molecule has 1 saturated heterocycles. The zero-order valence-corrected chi connectivity index (χ0v) is 16.4. The predicted octanol–water partition coefficient (Wildman–Crippen LogP) is 3.65. The van der Waals surface area contributed by atoms with Crippen LogP contribution >= 0.6 is 0 Å². The van der Waals surface area contributed by atoms with Crippen molar-refractivity contribution in [2.24, 2.45) is 5.92 Å². The maximum atomic E-state index is 12.9. The summed E-state index contributed by atoms with van der Waals surface area (Å²) in [6.07, 6.45) is 6.37. The minimum absolute atomic E-state index is 0.0812. The lowest BCUT2D eigenvalue weighted by Gasteiger charge is -2.35. The molecular weight excluding hydrogens is 324 g/mol. The second-order valence-corrected chi connectivity index (χ2v) is 8.16. The summed E-state index contributed by atoms with van der Waals surface area (Å²) in [5.41, 5.74) is 3.12. The van der Waals surface area contributed by atoms with Crippen LogP contribution in [0.3, 0.4) is 0 Å². The molecule has 1 heterocycles. The highest BCUT2D eigenvalue weighted by atomic mass is 16.2. The maximum absolute atomic E-state index is 12.9. The Morgan fingerprint density at radius 2 is 1.73 bits per heavy atom. The molecule has 1 N–H and O–H groups in total. The summed E-state index contributed by atoms with van der Waals surface area (Å²) >= 11 is 0. The van der Waals surface area contributed by atoms with E-state index in [1.807, 2.05) is 26.0 Å². The Morgan fingerprint density at radius 1 is 1.08 bits per heavy atom. The van der Waals surface area contributed by atoms with E-state index in [4.69, 9.17) is 0 Å². The lowest BCUT2D eigenvalue weighted by Crippen LogP contribution is -2.50. The molecule has 1 aromatic carbocycles. The van der Waals surface area contributed by atoms with Gasteiger partial charge in [0.1, 0.15) is 0 Å². The quantitative estimate of drug-likeness (QED) is 0.820. The summed E-state index contributed by atoms with van der Waals surface area (Å²) in [5, 5.41) is 3.20. The molecule has 0 aromatic heterocycles. The highest BCUT2D eigenvalue weighted by Gasteiger charge is 2.31. The number of ketones is 1. The van der Waals surface area contributed by atoms with Crippen LogP contribution in [0.1, 0.15) is 66.9 Å². The molecule has 4 heteroatoms. The Morgan fingerprint density at radius 3 is 2.35 bits per heavy atom. The summed E-state index contributed by atoms with van der Waals surface area (Å²) in [6, 6.07) is 6.33. The van der Waals surface area contributed by atoms with Gasteiger partial charge in [-0.3, -0.25) is 14.5 Å². The van der Waals surface area contributed by atoms with Gasteiger partial charge in [-0.2, -0.15) is 0 Å². The number of Topliss-reactive ketones (excluding diaryl/α,β-unsaturated/α-hetero) is 1. The lowest BCUT2D eigenvalue weighted by atomic mass is 9.86. The first-order chi connectivity index (χ1) is 12.5. The SMILES string of the molecule is Cc1ccc(C(=O)C2CCN([C@@H](C)C(=O)NC3CCCC3)CC2)c(C)c1. The van der Waals surface area contributed by atoms with E-state index < -0.39 is 0 Å². The number of carbonyl (C=O) groups is 2. The standard InChI is InChI=1S/C22H32N2O2/c1-15-8-9-20(16(2)14-15)21(25)18-10-12-24(13-11-18)17(3)22(26)23-19-6-4-5-7-19/h8-9,14,17-19H,4-7,10-13H2,1-3H3,(H,23,26)/t17-/m0/s1. The Kier molecular flexibility index (Phi) is 6.13. The Balaban J connectivity index is 1.53. The molecule has 2 fully saturated rings. The van der Waals surface area contributed by atoms with Crippen LogP contribution in [-0.4, -0.2) is 41.8 Å². The fraction of sp³-hybridized carbons (Fsp3) is 0.636. The zero-order valence-electron chi connectivity index (χ0n) is 16.4. The van der Waals surface area contributed by atoms with Crippen molar-refractivity contribution in [2.75, 3.05) is 13.1 Å². The van der Waals surface area contributed by atoms with Gasteiger partial charge in [-0.05, 0) is 65.1 Å². The topological polar surface area (TPSA) is 49.4 Å². The van der Waals surface area contributed by atoms with Gasteiger partial charge in [0.2, 0.25) is 5.91 Å². The molecule has 1 saturated carbocycles. The Labute approximate surface area is 157 Å². The Bertz CT molecular complexity index is 656. The highest BCUT2D eigenvalue weighted by Crippen LogP contribution is 2.25. The average Bonchev–Trinajstić information content (AvgIpc) is 3.13. The summed E-state index contributed by atoms with van der Waals surface area (Å²) in [4.78, 5) is 27.6. The minimum atomic E-state index is -0.104. The molecule has 2 aliphatic rings. The molecule has 4 nitrogen and oxygen atoms in total. The fourth-order valence-electron chi connectivity index (χ4n) is 4.42. The molecular formula is C22H32N2O2. The molecule has 0 radical (unpaired) electrons. The molecule has 3 rings (SSSR count). The van der Waals surface area contributed by atoms with E-state index >= 15 is 0 Å². The number of nitrogens with zero attached hydrogens (tertiary/aromatic N) is 1. The second-order valence-electron chi connectivity index (χ2n) is 8.16. The van der Waals surface area contributed by atoms with Crippen molar-refractivity contribution in [1.82, 2.24) is 10.2 Å². The van der Waals surface area contributed by atoms with Gasteiger partial charge in [0.05, 0.1) is 6.04 Å². The molecule has 1 amide bonds. The van der Waals surface area contributed by atoms with E-state index in [9.17, 15) is 9.59 Å². The lowest BCUT2D eigenvalue weighted by molar-refractivity contribution is -0.127. The van der Waals surface area contributed by atoms with Crippen molar-refractivity contribution in [3.8, 4) is 0 Å². The van der Waals surface area contributed by atoms with Gasteiger partial charge in [0.15, 0.2) is 5.78 Å². The van der Waals surface area contributed by atoms with Crippen molar-refractivity contribution in [1.29, 1.82) is 0 Å². The summed E-state index contributed by atoms with van der Waals surface area (Å²) in [5.74, 6) is 0.499. The van der Waals surface area contributed by atoms with Gasteiger partial charge < -0.3 is 5.32 Å². The number of amides is 1. The third kappa shape index (κ3) is 4.35. The molecule has 142 valence electrons. The van der Waals surface area contributed by atoms with Crippen LogP contribution < -0.4 is 5.32 Å². The average molecular weight is 357 g/mol. The monoisotopic (exact) mass is 356 g/mol. The third-order valence-electron chi connectivity index (χ3n) is 6.18. The van der Waals surface area contributed by atoms with Crippen molar-refractivity contribution in [3.05, 3.63) is 34.9 Å². The smallest absolute Gasteiger partial charge is 0.237 e. The number of hydrogen-bond donors (Lipinski definition) is 1. The number of rotatable bonds is 5. The van der Waals surface area contributed by atoms with Crippen molar-refractivity contribution in [3.63, 3.8) is 0 Å². The van der Waals surface area contributed by atoms with E-state index in [1.54, 1.807) is 0 Å². The molecule has 0 unspecified atom stereocenters. The molecule has 1 atom stereocenters. The molecule has 1 aliphatic heterocycles. The van der Waals surface area contributed by atoms with Crippen LogP contribution in [0, 0.1) is 19.8 Å². The number of piperidine rings is 1. The van der Waals surface area contributed by atoms with E-state index in [2.05, 4.69) is 23.2 Å². The van der Waals surface area contributed by atoms with Crippen molar-refractivity contribution < 1.29 is 9.59 Å². The van der Waals surface area contributed by atoms with Crippen LogP contribution in [0.15, 0.2) is 18.2 Å². The summed E-state index contributed by atoms with van der Waals surface area (Å²) < 4.78 is 0. The number of carbonyl (C=O) groups excluding carboxylic acids is 2. The van der Waals surface area contributed by atoms with Gasteiger partial charge >= 0.3 is 0 Å². The number of benzene rings is 1. The normalized spacial score (nSPS) is 20.9. The van der Waals surface area contributed by atoms with E-state index in [0.29, 0.717) is 6.04 Å². The predicted molar refractivity (Wildman–Crippen MR) is 104 cm³/mol. The van der Waals surface area contributed by atoms with Crippen LogP contribution in [0.25, 0.3) is 0 Å². The van der Waals surface area contributed by atoms with E-state index in [1.165, 1.54) is 18.4 Å². The first-order valence-corrected chi connectivity index (χ1v) is 10.1.